The zero-order valence-corrected chi connectivity index (χ0v) is 13.5. The van der Waals surface area contributed by atoms with Crippen LogP contribution in [0.15, 0.2) is 29.2 Å². The Morgan fingerprint density at radius 3 is 2.35 bits per heavy atom. The van der Waals surface area contributed by atoms with E-state index in [2.05, 4.69) is 0 Å². The van der Waals surface area contributed by atoms with Crippen LogP contribution in [-0.2, 0) is 14.6 Å². The van der Waals surface area contributed by atoms with Gasteiger partial charge < -0.3 is 5.11 Å². The van der Waals surface area contributed by atoms with Gasteiger partial charge in [-0.25, -0.2) is 17.6 Å². The quantitative estimate of drug-likeness (QED) is 0.835. The molecule has 4 nitrogen and oxygen atoms in total. The van der Waals surface area contributed by atoms with Crippen LogP contribution in [0.3, 0.4) is 0 Å². The summed E-state index contributed by atoms with van der Waals surface area (Å²) in [7, 11) is -3.62. The third kappa shape index (κ3) is 3.32. The van der Waals surface area contributed by atoms with E-state index < -0.39 is 26.9 Å². The number of rotatable bonds is 5. The Morgan fingerprint density at radius 1 is 1.17 bits per heavy atom. The third-order valence-electron chi connectivity index (χ3n) is 4.55. The van der Waals surface area contributed by atoms with Crippen LogP contribution < -0.4 is 0 Å². The molecule has 1 aromatic rings. The molecule has 0 saturated heterocycles. The molecule has 6 heteroatoms. The van der Waals surface area contributed by atoms with Crippen molar-refractivity contribution in [3.63, 3.8) is 0 Å². The number of halogens is 1. The molecular formula is C17H19FO4S. The van der Waals surface area contributed by atoms with E-state index in [1.807, 2.05) is 0 Å². The molecule has 0 amide bonds. The summed E-state index contributed by atoms with van der Waals surface area (Å²) in [5.41, 5.74) is 0.266. The summed E-state index contributed by atoms with van der Waals surface area (Å²) in [4.78, 5) is 11.2. The van der Waals surface area contributed by atoms with Crippen molar-refractivity contribution < 1.29 is 22.7 Å². The molecule has 0 radical (unpaired) electrons. The Kier molecular flexibility index (Phi) is 4.27. The lowest BCUT2D eigenvalue weighted by atomic mass is 9.99. The number of allylic oxidation sites excluding steroid dienone is 1. The van der Waals surface area contributed by atoms with Gasteiger partial charge in [0.25, 0.3) is 0 Å². The molecule has 1 N–H and O–H groups in total. The second kappa shape index (κ2) is 6.07. The molecule has 0 aromatic heterocycles. The molecule has 3 rings (SSSR count). The monoisotopic (exact) mass is 338 g/mol. The molecule has 0 unspecified atom stereocenters. The molecule has 0 spiro atoms. The van der Waals surface area contributed by atoms with Gasteiger partial charge in [-0.15, -0.1) is 0 Å². The summed E-state index contributed by atoms with van der Waals surface area (Å²) < 4.78 is 38.5. The highest BCUT2D eigenvalue weighted by Crippen LogP contribution is 2.35. The van der Waals surface area contributed by atoms with Crippen LogP contribution in [0, 0.1) is 11.7 Å². The maximum Gasteiger partial charge on any atom is 0.335 e. The van der Waals surface area contributed by atoms with Gasteiger partial charge in [-0.2, -0.15) is 0 Å². The summed E-state index contributed by atoms with van der Waals surface area (Å²) in [5, 5.41) is 8.91. The Hall–Kier alpha value is -1.69. The highest BCUT2D eigenvalue weighted by atomic mass is 32.2. The molecule has 2 aliphatic carbocycles. The van der Waals surface area contributed by atoms with Crippen LogP contribution in [0.4, 0.5) is 4.39 Å². The number of carboxylic acids is 1. The van der Waals surface area contributed by atoms with Crippen molar-refractivity contribution in [3.05, 3.63) is 35.7 Å². The van der Waals surface area contributed by atoms with E-state index in [1.54, 1.807) is 6.08 Å². The molecule has 2 saturated carbocycles. The Morgan fingerprint density at radius 2 is 1.83 bits per heavy atom. The lowest BCUT2D eigenvalue weighted by molar-refractivity contribution is -0.130. The van der Waals surface area contributed by atoms with Crippen LogP contribution >= 0.6 is 0 Å². The third-order valence-corrected chi connectivity index (χ3v) is 6.84. The average molecular weight is 338 g/mol. The van der Waals surface area contributed by atoms with Crippen LogP contribution in [-0.4, -0.2) is 24.7 Å². The molecule has 1 aromatic carbocycles. The van der Waals surface area contributed by atoms with Gasteiger partial charge in [0.2, 0.25) is 0 Å². The van der Waals surface area contributed by atoms with Gasteiger partial charge in [-0.1, -0.05) is 25.0 Å². The Bertz CT molecular complexity index is 757. The SMILES string of the molecule is O=C(O)C(=CC1CCCC1)c1ccc(S(=O)(=O)C2CC2)c(F)c1. The minimum atomic E-state index is -3.62. The van der Waals surface area contributed by atoms with E-state index in [0.717, 1.165) is 31.7 Å². The maximum atomic E-state index is 14.3. The van der Waals surface area contributed by atoms with Gasteiger partial charge in [0.15, 0.2) is 9.84 Å². The first kappa shape index (κ1) is 16.2. The first-order valence-electron chi connectivity index (χ1n) is 7.88. The first-order chi connectivity index (χ1) is 10.9. The van der Waals surface area contributed by atoms with Crippen LogP contribution in [0.2, 0.25) is 0 Å². The summed E-state index contributed by atoms with van der Waals surface area (Å²) in [6.07, 6.45) is 6.82. The predicted molar refractivity (Wildman–Crippen MR) is 84.2 cm³/mol. The fourth-order valence-corrected chi connectivity index (χ4v) is 4.81. The Labute approximate surface area is 134 Å². The number of hydrogen-bond acceptors (Lipinski definition) is 3. The van der Waals surface area contributed by atoms with E-state index in [0.29, 0.717) is 12.8 Å². The summed E-state index contributed by atoms with van der Waals surface area (Å²) in [6, 6.07) is 3.63. The van der Waals surface area contributed by atoms with E-state index in [9.17, 15) is 22.7 Å². The molecular weight excluding hydrogens is 319 g/mol. The van der Waals surface area contributed by atoms with Crippen molar-refractivity contribution in [3.8, 4) is 0 Å². The fraction of sp³-hybridized carbons (Fsp3) is 0.471. The molecule has 0 aliphatic heterocycles. The van der Waals surface area contributed by atoms with Crippen LogP contribution in [0.25, 0.3) is 5.57 Å². The highest BCUT2D eigenvalue weighted by molar-refractivity contribution is 7.92. The minimum Gasteiger partial charge on any atom is -0.478 e. The van der Waals surface area contributed by atoms with Gasteiger partial charge >= 0.3 is 5.97 Å². The van der Waals surface area contributed by atoms with E-state index in [1.165, 1.54) is 12.1 Å². The molecule has 2 fully saturated rings. The molecule has 0 atom stereocenters. The number of sulfone groups is 1. The average Bonchev–Trinajstić information content (AvgIpc) is 3.23. The smallest absolute Gasteiger partial charge is 0.335 e. The van der Waals surface area contributed by atoms with Crippen LogP contribution in [0.5, 0.6) is 0 Å². The van der Waals surface area contributed by atoms with Crippen molar-refractivity contribution in [2.75, 3.05) is 0 Å². The molecule has 0 bridgehead atoms. The minimum absolute atomic E-state index is 0.0474. The second-order valence-electron chi connectivity index (χ2n) is 6.32. The van der Waals surface area contributed by atoms with Crippen LogP contribution in [0.1, 0.15) is 44.1 Å². The largest absolute Gasteiger partial charge is 0.478 e. The fourth-order valence-electron chi connectivity index (χ4n) is 3.11. The van der Waals surface area contributed by atoms with Gasteiger partial charge in [0.05, 0.1) is 10.8 Å². The van der Waals surface area contributed by atoms with Crippen molar-refractivity contribution in [1.82, 2.24) is 0 Å². The molecule has 0 heterocycles. The number of carbonyl (C=O) groups is 1. The van der Waals surface area contributed by atoms with Crippen molar-refractivity contribution >= 4 is 21.4 Å². The lowest BCUT2D eigenvalue weighted by Gasteiger charge is -2.10. The topological polar surface area (TPSA) is 71.4 Å². The van der Waals surface area contributed by atoms with E-state index >= 15 is 0 Å². The standard InChI is InChI=1S/C17H19FO4S/c18-15-10-12(5-8-16(15)23(21,22)13-6-7-13)14(17(19)20)9-11-3-1-2-4-11/h5,8-11,13H,1-4,6-7H2,(H,19,20). The summed E-state index contributed by atoms with van der Waals surface area (Å²) >= 11 is 0. The lowest BCUT2D eigenvalue weighted by Crippen LogP contribution is -2.10. The molecule has 23 heavy (non-hydrogen) atoms. The first-order valence-corrected chi connectivity index (χ1v) is 9.43. The zero-order valence-electron chi connectivity index (χ0n) is 12.7. The summed E-state index contributed by atoms with van der Waals surface area (Å²) in [6.45, 7) is 0. The van der Waals surface area contributed by atoms with Gasteiger partial charge in [0.1, 0.15) is 10.7 Å². The van der Waals surface area contributed by atoms with Gasteiger partial charge in [-0.3, -0.25) is 0 Å². The number of aliphatic carboxylic acids is 1. The van der Waals surface area contributed by atoms with Crippen molar-refractivity contribution in [2.45, 2.75) is 48.7 Å². The van der Waals surface area contributed by atoms with Gasteiger partial charge in [-0.05, 0) is 49.3 Å². The predicted octanol–water partition coefficient (Wildman–Crippen LogP) is 3.42. The number of carboxylic acid groups (broad SMARTS) is 1. The Balaban J connectivity index is 1.95. The van der Waals surface area contributed by atoms with Crippen molar-refractivity contribution in [1.29, 1.82) is 0 Å². The van der Waals surface area contributed by atoms with E-state index in [-0.39, 0.29) is 21.9 Å². The maximum absolute atomic E-state index is 14.3. The van der Waals surface area contributed by atoms with E-state index in [4.69, 9.17) is 0 Å². The second-order valence-corrected chi connectivity index (χ2v) is 8.52. The number of benzene rings is 1. The zero-order chi connectivity index (χ0) is 16.6. The molecule has 2 aliphatic rings. The highest BCUT2D eigenvalue weighted by Gasteiger charge is 2.38. The van der Waals surface area contributed by atoms with Gasteiger partial charge in [0, 0.05) is 0 Å². The van der Waals surface area contributed by atoms with Crippen molar-refractivity contribution in [2.24, 2.45) is 5.92 Å². The normalized spacial score (nSPS) is 20.0. The summed E-state index contributed by atoms with van der Waals surface area (Å²) in [5.74, 6) is -1.79. The number of hydrogen-bond donors (Lipinski definition) is 1. The molecule has 124 valence electrons.